The Morgan fingerprint density at radius 1 is 0.775 bits per heavy atom. The van der Waals surface area contributed by atoms with Crippen LogP contribution >= 0.6 is 0 Å². The second-order valence-corrected chi connectivity index (χ2v) is 12.4. The molecule has 1 unspecified atom stereocenters. The number of allylic oxidation sites excluding steroid dienone is 6. The first kappa shape index (κ1) is 25.1. The van der Waals surface area contributed by atoms with E-state index in [0.717, 1.165) is 6.42 Å². The summed E-state index contributed by atoms with van der Waals surface area (Å²) in [6, 6.07) is 33.7. The van der Waals surface area contributed by atoms with E-state index < -0.39 is 0 Å². The molecule has 4 aromatic carbocycles. The third-order valence-electron chi connectivity index (χ3n) is 10.2. The Kier molecular flexibility index (Phi) is 6.08. The predicted molar refractivity (Wildman–Crippen MR) is 171 cm³/mol. The van der Waals surface area contributed by atoms with E-state index in [1.54, 1.807) is 0 Å². The highest BCUT2D eigenvalue weighted by Gasteiger charge is 2.46. The molecule has 0 saturated heterocycles. The lowest BCUT2D eigenvalue weighted by atomic mass is 9.68. The maximum Gasteiger partial charge on any atom is 0.0448 e. The highest BCUT2D eigenvalue weighted by Crippen LogP contribution is 2.55. The van der Waals surface area contributed by atoms with Crippen molar-refractivity contribution in [3.05, 3.63) is 143 Å². The summed E-state index contributed by atoms with van der Waals surface area (Å²) in [5.74, 6) is 0. The zero-order chi connectivity index (χ0) is 27.3. The number of likely N-dealkylation sites (N-methyl/N-ethyl adjacent to an activating group) is 1. The number of rotatable bonds is 4. The van der Waals surface area contributed by atoms with Crippen LogP contribution in [0.15, 0.2) is 120 Å². The maximum atomic E-state index is 2.46. The number of para-hydroxylation sites is 1. The van der Waals surface area contributed by atoms with Gasteiger partial charge in [-0.1, -0.05) is 123 Å². The fraction of sp³-hybridized carbons (Fsp3) is 0.282. The van der Waals surface area contributed by atoms with E-state index in [4.69, 9.17) is 0 Å². The molecule has 1 heteroatoms. The quantitative estimate of drug-likeness (QED) is 0.258. The monoisotopic (exact) mass is 521 g/mol. The number of benzene rings is 4. The van der Waals surface area contributed by atoms with Crippen LogP contribution in [0.2, 0.25) is 0 Å². The van der Waals surface area contributed by atoms with Crippen LogP contribution in [0.25, 0.3) is 16.3 Å². The molecule has 1 aliphatic heterocycles. The maximum absolute atomic E-state index is 2.46. The molecule has 200 valence electrons. The number of nitrogens with zero attached hydrogens (tertiary/aromatic N) is 1. The number of anilines is 1. The summed E-state index contributed by atoms with van der Waals surface area (Å²) >= 11 is 0. The van der Waals surface area contributed by atoms with Crippen molar-refractivity contribution in [2.75, 3.05) is 11.9 Å². The lowest BCUT2D eigenvalue weighted by Gasteiger charge is -2.36. The normalized spacial score (nSPS) is 22.6. The van der Waals surface area contributed by atoms with Crippen LogP contribution < -0.4 is 4.90 Å². The Hall–Kier alpha value is -3.84. The molecule has 1 spiro atoms. The minimum Gasteiger partial charge on any atom is -0.347 e. The molecule has 1 heterocycles. The molecule has 40 heavy (non-hydrogen) atoms. The van der Waals surface area contributed by atoms with Crippen LogP contribution in [-0.4, -0.2) is 7.05 Å². The summed E-state index contributed by atoms with van der Waals surface area (Å²) in [6.45, 7) is 4.80. The number of fused-ring (bicyclic) bond motifs is 5. The molecule has 1 atom stereocenters. The molecule has 1 nitrogen and oxygen atoms in total. The molecule has 7 rings (SSSR count). The van der Waals surface area contributed by atoms with Gasteiger partial charge in [0.25, 0.3) is 0 Å². The largest absolute Gasteiger partial charge is 0.347 e. The third-order valence-corrected chi connectivity index (χ3v) is 10.2. The highest BCUT2D eigenvalue weighted by atomic mass is 15.2. The summed E-state index contributed by atoms with van der Waals surface area (Å²) in [7, 11) is 2.27. The Labute approximate surface area is 239 Å². The number of hydrogen-bond acceptors (Lipinski definition) is 1. The topological polar surface area (TPSA) is 3.24 Å². The highest BCUT2D eigenvalue weighted by molar-refractivity contribution is 5.99. The van der Waals surface area contributed by atoms with Gasteiger partial charge < -0.3 is 4.90 Å². The molecule has 2 aliphatic carbocycles. The molecule has 0 N–H and O–H groups in total. The van der Waals surface area contributed by atoms with Gasteiger partial charge in [-0.2, -0.15) is 0 Å². The van der Waals surface area contributed by atoms with E-state index in [0.29, 0.717) is 0 Å². The Morgan fingerprint density at radius 3 is 2.33 bits per heavy atom. The van der Waals surface area contributed by atoms with Crippen molar-refractivity contribution in [1.29, 1.82) is 0 Å². The molecular weight excluding hydrogens is 482 g/mol. The lowest BCUT2D eigenvalue weighted by molar-refractivity contribution is 0.347. The summed E-state index contributed by atoms with van der Waals surface area (Å²) < 4.78 is 0. The molecule has 0 bridgehead atoms. The molecule has 1 saturated carbocycles. The summed E-state index contributed by atoms with van der Waals surface area (Å²) in [5, 5.41) is 2.69. The standard InChI is InChI=1S/C39H39N/c1-28-32(20-14-22-36-39(25-12-5-13-26-39)33-19-10-11-21-35(33)40(36)3)38(2,27-29-15-6-4-7-16-29)34-24-23-30-17-8-9-18-31(30)37(28)34/h4,6-11,14-24H,5,12-13,25-27H2,1-3H3/b20-14+,36-22+. The lowest BCUT2D eigenvalue weighted by Crippen LogP contribution is -2.31. The van der Waals surface area contributed by atoms with Gasteiger partial charge >= 0.3 is 0 Å². The third kappa shape index (κ3) is 3.74. The molecule has 3 aliphatic rings. The van der Waals surface area contributed by atoms with E-state index in [1.807, 2.05) is 0 Å². The van der Waals surface area contributed by atoms with E-state index in [2.05, 4.69) is 135 Å². The van der Waals surface area contributed by atoms with E-state index in [1.165, 1.54) is 87.7 Å². The van der Waals surface area contributed by atoms with Crippen LogP contribution in [0, 0.1) is 0 Å². The first-order valence-corrected chi connectivity index (χ1v) is 15.0. The van der Waals surface area contributed by atoms with Gasteiger partial charge in [0.15, 0.2) is 0 Å². The second-order valence-electron chi connectivity index (χ2n) is 12.4. The van der Waals surface area contributed by atoms with Gasteiger partial charge in [0.05, 0.1) is 0 Å². The van der Waals surface area contributed by atoms with Gasteiger partial charge in [0, 0.05) is 29.3 Å². The SMILES string of the molecule is CC1=C(/C=C/C=C2/N(C)c3ccccc3C23CCCCC3)C(C)(Cc2ccccc2)c2ccc3ccccc3c21. The van der Waals surface area contributed by atoms with Gasteiger partial charge in [-0.05, 0) is 82.5 Å². The average molecular weight is 522 g/mol. The molecule has 0 aromatic heterocycles. The molecule has 0 amide bonds. The van der Waals surface area contributed by atoms with E-state index in [9.17, 15) is 0 Å². The zero-order valence-corrected chi connectivity index (χ0v) is 24.1. The van der Waals surface area contributed by atoms with Crippen molar-refractivity contribution in [3.63, 3.8) is 0 Å². The molecule has 4 aromatic rings. The van der Waals surface area contributed by atoms with Crippen LogP contribution in [0.4, 0.5) is 5.69 Å². The van der Waals surface area contributed by atoms with Crippen molar-refractivity contribution < 1.29 is 0 Å². The van der Waals surface area contributed by atoms with Gasteiger partial charge in [-0.3, -0.25) is 0 Å². The first-order chi connectivity index (χ1) is 19.5. The summed E-state index contributed by atoms with van der Waals surface area (Å²) in [4.78, 5) is 2.46. The second kappa shape index (κ2) is 9.66. The van der Waals surface area contributed by atoms with Crippen LogP contribution in [-0.2, 0) is 17.3 Å². The summed E-state index contributed by atoms with van der Waals surface area (Å²) in [5.41, 5.74) is 11.6. The smallest absolute Gasteiger partial charge is 0.0448 e. The minimum absolute atomic E-state index is 0.0904. The fourth-order valence-corrected chi connectivity index (χ4v) is 8.28. The fourth-order valence-electron chi connectivity index (χ4n) is 8.28. The van der Waals surface area contributed by atoms with Crippen LogP contribution in [0.1, 0.15) is 68.2 Å². The zero-order valence-electron chi connectivity index (χ0n) is 24.1. The van der Waals surface area contributed by atoms with Crippen LogP contribution in [0.3, 0.4) is 0 Å². The molecule has 1 fully saturated rings. The average Bonchev–Trinajstić information content (AvgIpc) is 3.34. The van der Waals surface area contributed by atoms with Crippen molar-refractivity contribution in [1.82, 2.24) is 0 Å². The summed E-state index contributed by atoms with van der Waals surface area (Å²) in [6.07, 6.45) is 14.7. The Morgan fingerprint density at radius 2 is 1.50 bits per heavy atom. The molecule has 0 radical (unpaired) electrons. The van der Waals surface area contributed by atoms with Gasteiger partial charge in [-0.25, -0.2) is 0 Å². The Bertz CT molecular complexity index is 1680. The van der Waals surface area contributed by atoms with Gasteiger partial charge in [0.2, 0.25) is 0 Å². The van der Waals surface area contributed by atoms with E-state index >= 15 is 0 Å². The van der Waals surface area contributed by atoms with E-state index in [-0.39, 0.29) is 10.8 Å². The predicted octanol–water partition coefficient (Wildman–Crippen LogP) is 9.92. The van der Waals surface area contributed by atoms with Crippen molar-refractivity contribution >= 4 is 22.0 Å². The van der Waals surface area contributed by atoms with Crippen LogP contribution in [0.5, 0.6) is 0 Å². The van der Waals surface area contributed by atoms with Gasteiger partial charge in [-0.15, -0.1) is 0 Å². The Balaban J connectivity index is 1.35. The van der Waals surface area contributed by atoms with Gasteiger partial charge in [0.1, 0.15) is 0 Å². The van der Waals surface area contributed by atoms with Crippen molar-refractivity contribution in [2.24, 2.45) is 0 Å². The first-order valence-electron chi connectivity index (χ1n) is 15.0. The van der Waals surface area contributed by atoms with Crippen molar-refractivity contribution in [3.8, 4) is 0 Å². The molecular formula is C39H39N. The number of hydrogen-bond donors (Lipinski definition) is 0. The minimum atomic E-state index is -0.0904. The van der Waals surface area contributed by atoms with Crippen molar-refractivity contribution in [2.45, 2.75) is 63.2 Å².